The summed E-state index contributed by atoms with van der Waals surface area (Å²) in [5.41, 5.74) is 3.30. The van der Waals surface area contributed by atoms with Gasteiger partial charge in [0.1, 0.15) is 0 Å². The molecule has 0 unspecified atom stereocenters. The Hall–Kier alpha value is -0.280. The number of aryl methyl sites for hydroxylation is 2. The minimum absolute atomic E-state index is 0.639. The number of hydrogen-bond acceptors (Lipinski definition) is 3. The van der Waals surface area contributed by atoms with Gasteiger partial charge in [-0.3, -0.25) is 0 Å². The fourth-order valence-corrected chi connectivity index (χ4v) is 1.83. The van der Waals surface area contributed by atoms with E-state index in [0.717, 1.165) is 22.3 Å². The van der Waals surface area contributed by atoms with Gasteiger partial charge in [-0.15, -0.1) is 11.6 Å². The van der Waals surface area contributed by atoms with Crippen LogP contribution >= 0.6 is 23.4 Å². The molecule has 4 heteroatoms. The molecule has 1 aromatic heterocycles. The average Bonchev–Trinajstić information content (AvgIpc) is 2.10. The first-order valence-corrected chi connectivity index (χ1v) is 5.67. The lowest BCUT2D eigenvalue weighted by atomic mass is 10.2. The Kier molecular flexibility index (Phi) is 4.00. The Labute approximate surface area is 88.1 Å². The van der Waals surface area contributed by atoms with Gasteiger partial charge in [-0.1, -0.05) is 11.8 Å². The summed E-state index contributed by atoms with van der Waals surface area (Å²) in [4.78, 5) is 8.73. The molecule has 1 rings (SSSR count). The highest BCUT2D eigenvalue weighted by molar-refractivity contribution is 7.99. The van der Waals surface area contributed by atoms with E-state index in [9.17, 15) is 0 Å². The number of rotatable bonds is 3. The fraction of sp³-hybridized carbons (Fsp3) is 0.556. The van der Waals surface area contributed by atoms with Crippen LogP contribution < -0.4 is 0 Å². The van der Waals surface area contributed by atoms with Crippen molar-refractivity contribution in [2.45, 2.75) is 25.9 Å². The molecule has 2 nitrogen and oxygen atoms in total. The van der Waals surface area contributed by atoms with Gasteiger partial charge in [-0.2, -0.15) is 0 Å². The van der Waals surface area contributed by atoms with Crippen molar-refractivity contribution < 1.29 is 0 Å². The van der Waals surface area contributed by atoms with Crippen LogP contribution in [0.2, 0.25) is 0 Å². The van der Waals surface area contributed by atoms with E-state index >= 15 is 0 Å². The molecular weight excluding hydrogens is 204 g/mol. The molecular formula is C9H13ClN2S. The summed E-state index contributed by atoms with van der Waals surface area (Å²) >= 11 is 7.19. The first-order chi connectivity index (χ1) is 6.15. The van der Waals surface area contributed by atoms with E-state index in [-0.39, 0.29) is 0 Å². The molecule has 0 bridgehead atoms. The van der Waals surface area contributed by atoms with Gasteiger partial charge in [0, 0.05) is 23.0 Å². The minimum Gasteiger partial charge on any atom is -0.228 e. The zero-order valence-electron chi connectivity index (χ0n) is 8.09. The minimum atomic E-state index is 0.639. The van der Waals surface area contributed by atoms with Crippen molar-refractivity contribution in [3.8, 4) is 0 Å². The van der Waals surface area contributed by atoms with Crippen LogP contribution in [0, 0.1) is 20.8 Å². The van der Waals surface area contributed by atoms with Gasteiger partial charge in [-0.25, -0.2) is 9.97 Å². The predicted molar refractivity (Wildman–Crippen MR) is 57.7 cm³/mol. The van der Waals surface area contributed by atoms with Gasteiger partial charge in [0.25, 0.3) is 0 Å². The van der Waals surface area contributed by atoms with E-state index in [2.05, 4.69) is 9.97 Å². The molecule has 0 N–H and O–H groups in total. The first-order valence-electron chi connectivity index (χ1n) is 4.15. The first kappa shape index (κ1) is 10.8. The molecule has 0 aliphatic heterocycles. The molecule has 0 atom stereocenters. The maximum Gasteiger partial charge on any atom is 0.188 e. The summed E-state index contributed by atoms with van der Waals surface area (Å²) < 4.78 is 0. The Morgan fingerprint density at radius 1 is 1.15 bits per heavy atom. The van der Waals surface area contributed by atoms with Crippen LogP contribution in [0.3, 0.4) is 0 Å². The quantitative estimate of drug-likeness (QED) is 0.442. The lowest BCUT2D eigenvalue weighted by Crippen LogP contribution is -1.98. The Balaban J connectivity index is 2.86. The van der Waals surface area contributed by atoms with Gasteiger partial charge in [0.05, 0.1) is 0 Å². The second-order valence-electron chi connectivity index (χ2n) is 2.84. The number of hydrogen-bond donors (Lipinski definition) is 0. The van der Waals surface area contributed by atoms with Crippen LogP contribution in [0.1, 0.15) is 17.0 Å². The third kappa shape index (κ3) is 2.85. The zero-order valence-corrected chi connectivity index (χ0v) is 9.67. The summed E-state index contributed by atoms with van der Waals surface area (Å²) in [7, 11) is 0. The van der Waals surface area contributed by atoms with Crippen LogP contribution in [0.5, 0.6) is 0 Å². The molecule has 0 aromatic carbocycles. The third-order valence-electron chi connectivity index (χ3n) is 1.92. The SMILES string of the molecule is Cc1nc(SCCCl)nc(C)c1C. The molecule has 0 saturated carbocycles. The topological polar surface area (TPSA) is 25.8 Å². The smallest absolute Gasteiger partial charge is 0.188 e. The average molecular weight is 217 g/mol. The highest BCUT2D eigenvalue weighted by Crippen LogP contribution is 2.16. The monoisotopic (exact) mass is 216 g/mol. The number of thioether (sulfide) groups is 1. The molecule has 0 amide bonds. The number of aromatic nitrogens is 2. The lowest BCUT2D eigenvalue weighted by molar-refractivity contribution is 0.881. The maximum atomic E-state index is 5.59. The van der Waals surface area contributed by atoms with Gasteiger partial charge in [0.15, 0.2) is 5.16 Å². The van der Waals surface area contributed by atoms with Crippen LogP contribution in [0.15, 0.2) is 5.16 Å². The van der Waals surface area contributed by atoms with E-state index in [4.69, 9.17) is 11.6 Å². The molecule has 1 aromatic rings. The maximum absolute atomic E-state index is 5.59. The molecule has 13 heavy (non-hydrogen) atoms. The number of nitrogens with zero attached hydrogens (tertiary/aromatic N) is 2. The van der Waals surface area contributed by atoms with Gasteiger partial charge in [0.2, 0.25) is 0 Å². The number of alkyl halides is 1. The van der Waals surface area contributed by atoms with Crippen LogP contribution in [0.4, 0.5) is 0 Å². The van der Waals surface area contributed by atoms with E-state index < -0.39 is 0 Å². The molecule has 0 radical (unpaired) electrons. The van der Waals surface area contributed by atoms with Crippen molar-refractivity contribution in [3.63, 3.8) is 0 Å². The molecule has 0 spiro atoms. The molecule has 1 heterocycles. The van der Waals surface area contributed by atoms with E-state index in [1.807, 2.05) is 20.8 Å². The largest absolute Gasteiger partial charge is 0.228 e. The van der Waals surface area contributed by atoms with Crippen molar-refractivity contribution in [1.82, 2.24) is 9.97 Å². The standard InChI is InChI=1S/C9H13ClN2S/c1-6-7(2)11-9(12-8(6)3)13-5-4-10/h4-5H2,1-3H3. The summed E-state index contributed by atoms with van der Waals surface area (Å²) in [5, 5.41) is 0.834. The highest BCUT2D eigenvalue weighted by atomic mass is 35.5. The molecule has 0 fully saturated rings. The van der Waals surface area contributed by atoms with Crippen molar-refractivity contribution in [1.29, 1.82) is 0 Å². The van der Waals surface area contributed by atoms with Gasteiger partial charge >= 0.3 is 0 Å². The fourth-order valence-electron chi connectivity index (χ4n) is 0.936. The van der Waals surface area contributed by atoms with Crippen molar-refractivity contribution in [2.24, 2.45) is 0 Å². The van der Waals surface area contributed by atoms with Gasteiger partial charge in [-0.05, 0) is 26.3 Å². The highest BCUT2D eigenvalue weighted by Gasteiger charge is 2.03. The van der Waals surface area contributed by atoms with E-state index in [1.54, 1.807) is 11.8 Å². The third-order valence-corrected chi connectivity index (χ3v) is 3.18. The van der Waals surface area contributed by atoms with E-state index in [0.29, 0.717) is 5.88 Å². The van der Waals surface area contributed by atoms with Crippen molar-refractivity contribution in [3.05, 3.63) is 17.0 Å². The Morgan fingerprint density at radius 2 is 1.69 bits per heavy atom. The normalized spacial score (nSPS) is 10.5. The van der Waals surface area contributed by atoms with Crippen LogP contribution in [0.25, 0.3) is 0 Å². The summed E-state index contributed by atoms with van der Waals surface area (Å²) in [6.45, 7) is 6.06. The zero-order chi connectivity index (χ0) is 9.84. The molecule has 0 saturated heterocycles. The second-order valence-corrected chi connectivity index (χ2v) is 4.28. The van der Waals surface area contributed by atoms with Crippen molar-refractivity contribution >= 4 is 23.4 Å². The number of halogens is 1. The molecule has 72 valence electrons. The second kappa shape index (κ2) is 4.82. The van der Waals surface area contributed by atoms with Crippen molar-refractivity contribution in [2.75, 3.05) is 11.6 Å². The van der Waals surface area contributed by atoms with Gasteiger partial charge < -0.3 is 0 Å². The Morgan fingerprint density at radius 3 is 2.15 bits per heavy atom. The van der Waals surface area contributed by atoms with Crippen LogP contribution in [-0.2, 0) is 0 Å². The Bertz CT molecular complexity index is 279. The summed E-state index contributed by atoms with van der Waals surface area (Å²) in [5.74, 6) is 1.50. The lowest BCUT2D eigenvalue weighted by Gasteiger charge is -2.05. The summed E-state index contributed by atoms with van der Waals surface area (Å²) in [6.07, 6.45) is 0. The van der Waals surface area contributed by atoms with Crippen LogP contribution in [-0.4, -0.2) is 21.6 Å². The summed E-state index contributed by atoms with van der Waals surface area (Å²) in [6, 6.07) is 0. The predicted octanol–water partition coefficient (Wildman–Crippen LogP) is 2.73. The molecule has 0 aliphatic rings. The van der Waals surface area contributed by atoms with E-state index in [1.165, 1.54) is 5.56 Å². The molecule has 0 aliphatic carbocycles.